The smallest absolute Gasteiger partial charge is 0.227 e. The largest absolute Gasteiger partial charge is 0.352 e. The highest BCUT2D eigenvalue weighted by atomic mass is 16.2. The van der Waals surface area contributed by atoms with E-state index in [0.717, 1.165) is 16.6 Å². The van der Waals surface area contributed by atoms with Crippen molar-refractivity contribution in [3.05, 3.63) is 30.1 Å². The highest BCUT2D eigenvalue weighted by molar-refractivity contribution is 5.96. The number of hydrogen-bond donors (Lipinski definition) is 2. The zero-order valence-corrected chi connectivity index (χ0v) is 9.49. The summed E-state index contributed by atoms with van der Waals surface area (Å²) >= 11 is 0. The molecule has 1 aromatic carbocycles. The summed E-state index contributed by atoms with van der Waals surface area (Å²) in [7, 11) is 0. The van der Waals surface area contributed by atoms with Crippen LogP contribution in [-0.2, 0) is 16.1 Å². The summed E-state index contributed by atoms with van der Waals surface area (Å²) in [6, 6.07) is 5.71. The summed E-state index contributed by atoms with van der Waals surface area (Å²) in [5.74, 6) is -0.381. The lowest BCUT2D eigenvalue weighted by Gasteiger charge is -2.03. The van der Waals surface area contributed by atoms with E-state index in [1.807, 2.05) is 18.2 Å². The number of fused-ring (bicyclic) bond motifs is 1. The molecule has 0 unspecified atom stereocenters. The van der Waals surface area contributed by atoms with Gasteiger partial charge in [-0.1, -0.05) is 6.07 Å². The van der Waals surface area contributed by atoms with E-state index < -0.39 is 0 Å². The lowest BCUT2D eigenvalue weighted by Crippen LogP contribution is -2.24. The van der Waals surface area contributed by atoms with Crippen LogP contribution < -0.4 is 5.32 Å². The number of imidazole rings is 1. The standard InChI is InChI=1S/C12H13N3O2/c1-8(16)4-12(17)13-6-9-2-3-10-11(5-9)15-7-14-10/h2-3,5,7H,4,6H2,1H3,(H,13,17)(H,14,15). The average Bonchev–Trinajstić information content (AvgIpc) is 2.72. The van der Waals surface area contributed by atoms with Gasteiger partial charge in [-0.05, 0) is 24.6 Å². The first-order valence-electron chi connectivity index (χ1n) is 5.33. The van der Waals surface area contributed by atoms with Crippen molar-refractivity contribution in [2.45, 2.75) is 19.9 Å². The first-order chi connectivity index (χ1) is 8.15. The topological polar surface area (TPSA) is 74.8 Å². The second kappa shape index (κ2) is 4.78. The summed E-state index contributed by atoms with van der Waals surface area (Å²) in [5.41, 5.74) is 2.80. The quantitative estimate of drug-likeness (QED) is 0.775. The number of Topliss-reactive ketones (excluding diaryl/α,β-unsaturated/α-hetero) is 1. The van der Waals surface area contributed by atoms with Gasteiger partial charge in [0, 0.05) is 6.54 Å². The fourth-order valence-electron chi connectivity index (χ4n) is 1.58. The summed E-state index contributed by atoms with van der Waals surface area (Å²) in [6.45, 7) is 1.82. The predicted octanol–water partition coefficient (Wildman–Crippen LogP) is 1.16. The molecule has 0 saturated heterocycles. The van der Waals surface area contributed by atoms with E-state index in [9.17, 15) is 9.59 Å². The maximum atomic E-state index is 11.3. The highest BCUT2D eigenvalue weighted by Crippen LogP contribution is 2.11. The molecule has 1 aromatic heterocycles. The average molecular weight is 231 g/mol. The molecule has 1 amide bonds. The minimum Gasteiger partial charge on any atom is -0.352 e. The van der Waals surface area contributed by atoms with Crippen LogP contribution in [0, 0.1) is 0 Å². The fourth-order valence-corrected chi connectivity index (χ4v) is 1.58. The van der Waals surface area contributed by atoms with E-state index in [-0.39, 0.29) is 18.1 Å². The monoisotopic (exact) mass is 231 g/mol. The van der Waals surface area contributed by atoms with Crippen molar-refractivity contribution in [2.24, 2.45) is 0 Å². The van der Waals surface area contributed by atoms with E-state index >= 15 is 0 Å². The van der Waals surface area contributed by atoms with Crippen molar-refractivity contribution < 1.29 is 9.59 Å². The van der Waals surface area contributed by atoms with Crippen molar-refractivity contribution >= 4 is 22.7 Å². The third-order valence-electron chi connectivity index (χ3n) is 2.38. The molecule has 2 aromatic rings. The molecule has 2 N–H and O–H groups in total. The van der Waals surface area contributed by atoms with Gasteiger partial charge in [-0.15, -0.1) is 0 Å². The van der Waals surface area contributed by atoms with Crippen LogP contribution in [-0.4, -0.2) is 21.7 Å². The second-order valence-electron chi connectivity index (χ2n) is 3.91. The van der Waals surface area contributed by atoms with Gasteiger partial charge in [-0.25, -0.2) is 4.98 Å². The Labute approximate surface area is 98.2 Å². The summed E-state index contributed by atoms with van der Waals surface area (Å²) < 4.78 is 0. The van der Waals surface area contributed by atoms with Gasteiger partial charge in [0.1, 0.15) is 5.78 Å². The number of aromatic nitrogens is 2. The Morgan fingerprint density at radius 3 is 3.00 bits per heavy atom. The highest BCUT2D eigenvalue weighted by Gasteiger charge is 2.05. The Balaban J connectivity index is 1.98. The molecule has 0 radical (unpaired) electrons. The Morgan fingerprint density at radius 2 is 2.24 bits per heavy atom. The van der Waals surface area contributed by atoms with Gasteiger partial charge in [0.2, 0.25) is 5.91 Å². The first kappa shape index (κ1) is 11.3. The second-order valence-corrected chi connectivity index (χ2v) is 3.91. The van der Waals surface area contributed by atoms with E-state index in [1.165, 1.54) is 6.92 Å². The van der Waals surface area contributed by atoms with E-state index in [2.05, 4.69) is 15.3 Å². The fraction of sp³-hybridized carbons (Fsp3) is 0.250. The molecule has 0 aliphatic heterocycles. The first-order valence-corrected chi connectivity index (χ1v) is 5.33. The number of rotatable bonds is 4. The minimum absolute atomic E-state index is 0.0632. The van der Waals surface area contributed by atoms with Crippen LogP contribution >= 0.6 is 0 Å². The molecule has 0 atom stereocenters. The molecular formula is C12H13N3O2. The summed E-state index contributed by atoms with van der Waals surface area (Å²) in [5, 5.41) is 2.69. The molecule has 0 aliphatic carbocycles. The maximum absolute atomic E-state index is 11.3. The van der Waals surface area contributed by atoms with Crippen molar-refractivity contribution in [1.82, 2.24) is 15.3 Å². The predicted molar refractivity (Wildman–Crippen MR) is 63.2 cm³/mol. The van der Waals surface area contributed by atoms with Crippen LogP contribution in [0.4, 0.5) is 0 Å². The van der Waals surface area contributed by atoms with E-state index in [0.29, 0.717) is 6.54 Å². The molecule has 1 heterocycles. The summed E-state index contributed by atoms with van der Waals surface area (Å²) in [4.78, 5) is 29.1. The number of hydrogen-bond acceptors (Lipinski definition) is 3. The molecule has 0 aliphatic rings. The molecule has 5 nitrogen and oxygen atoms in total. The van der Waals surface area contributed by atoms with Crippen molar-refractivity contribution in [2.75, 3.05) is 0 Å². The third-order valence-corrected chi connectivity index (χ3v) is 2.38. The van der Waals surface area contributed by atoms with Crippen LogP contribution in [0.5, 0.6) is 0 Å². The lowest BCUT2D eigenvalue weighted by atomic mass is 10.2. The van der Waals surface area contributed by atoms with Crippen LogP contribution in [0.1, 0.15) is 18.9 Å². The number of nitrogens with zero attached hydrogens (tertiary/aromatic N) is 1. The van der Waals surface area contributed by atoms with Crippen LogP contribution in [0.15, 0.2) is 24.5 Å². The van der Waals surface area contributed by atoms with Crippen molar-refractivity contribution in [3.63, 3.8) is 0 Å². The van der Waals surface area contributed by atoms with Crippen LogP contribution in [0.2, 0.25) is 0 Å². The molecule has 88 valence electrons. The van der Waals surface area contributed by atoms with Crippen LogP contribution in [0.3, 0.4) is 0 Å². The van der Waals surface area contributed by atoms with Crippen molar-refractivity contribution in [1.29, 1.82) is 0 Å². The van der Waals surface area contributed by atoms with Gasteiger partial charge in [0.25, 0.3) is 0 Å². The van der Waals surface area contributed by atoms with E-state index in [1.54, 1.807) is 6.33 Å². The van der Waals surface area contributed by atoms with Gasteiger partial charge in [0.05, 0.1) is 23.8 Å². The van der Waals surface area contributed by atoms with Crippen LogP contribution in [0.25, 0.3) is 11.0 Å². The maximum Gasteiger partial charge on any atom is 0.227 e. The molecule has 0 spiro atoms. The SMILES string of the molecule is CC(=O)CC(=O)NCc1ccc2nc[nH]c2c1. The van der Waals surface area contributed by atoms with E-state index in [4.69, 9.17) is 0 Å². The number of benzene rings is 1. The molecular weight excluding hydrogens is 218 g/mol. The van der Waals surface area contributed by atoms with Gasteiger partial charge in [-0.2, -0.15) is 0 Å². The molecule has 17 heavy (non-hydrogen) atoms. The Kier molecular flexibility index (Phi) is 3.18. The molecule has 0 bridgehead atoms. The number of nitrogens with one attached hydrogen (secondary N) is 2. The Morgan fingerprint density at radius 1 is 1.41 bits per heavy atom. The molecule has 5 heteroatoms. The minimum atomic E-state index is -0.248. The lowest BCUT2D eigenvalue weighted by molar-refractivity contribution is -0.127. The van der Waals surface area contributed by atoms with Gasteiger partial charge in [-0.3, -0.25) is 9.59 Å². The number of carbonyl (C=O) groups is 2. The number of ketones is 1. The number of H-pyrrole nitrogens is 1. The number of carbonyl (C=O) groups excluding carboxylic acids is 2. The van der Waals surface area contributed by atoms with Gasteiger partial charge < -0.3 is 10.3 Å². The number of aromatic amines is 1. The molecule has 0 saturated carbocycles. The molecule has 2 rings (SSSR count). The summed E-state index contributed by atoms with van der Waals surface area (Å²) in [6.07, 6.45) is 1.56. The zero-order valence-electron chi connectivity index (χ0n) is 9.49. The normalized spacial score (nSPS) is 10.4. The van der Waals surface area contributed by atoms with Gasteiger partial charge >= 0.3 is 0 Å². The zero-order chi connectivity index (χ0) is 12.3. The Bertz CT molecular complexity index is 560. The third kappa shape index (κ3) is 2.90. The Hall–Kier alpha value is -2.17. The van der Waals surface area contributed by atoms with Crippen molar-refractivity contribution in [3.8, 4) is 0 Å². The number of amides is 1. The van der Waals surface area contributed by atoms with Gasteiger partial charge in [0.15, 0.2) is 0 Å². The molecule has 0 fully saturated rings.